The average Bonchev–Trinajstić information content (AvgIpc) is 2.70. The van der Waals surface area contributed by atoms with E-state index in [9.17, 15) is 14.7 Å². The van der Waals surface area contributed by atoms with Gasteiger partial charge < -0.3 is 10.4 Å². The number of carboxylic acid groups (broad SMARTS) is 1. The minimum Gasteiger partial charge on any atom is -0.480 e. The molecule has 1 heterocycles. The molecule has 6 nitrogen and oxygen atoms in total. The van der Waals surface area contributed by atoms with E-state index in [4.69, 9.17) is 0 Å². The van der Waals surface area contributed by atoms with Gasteiger partial charge in [-0.3, -0.25) is 9.48 Å². The molecule has 2 N–H and O–H groups in total. The van der Waals surface area contributed by atoms with Crippen molar-refractivity contribution >= 4 is 11.9 Å². The number of aromatic nitrogens is 2. The molecule has 1 amide bonds. The minimum atomic E-state index is -1.25. The van der Waals surface area contributed by atoms with E-state index >= 15 is 0 Å². The first-order valence-corrected chi connectivity index (χ1v) is 6.44. The lowest BCUT2D eigenvalue weighted by atomic mass is 9.96. The molecule has 0 saturated heterocycles. The summed E-state index contributed by atoms with van der Waals surface area (Å²) >= 11 is 0. The topological polar surface area (TPSA) is 84.2 Å². The van der Waals surface area contributed by atoms with Crippen LogP contribution in [-0.2, 0) is 11.3 Å². The minimum absolute atomic E-state index is 0.382. The molecular formula is C13H21N3O3. The maximum Gasteiger partial charge on any atom is 0.329 e. The number of hydrogen-bond acceptors (Lipinski definition) is 3. The van der Waals surface area contributed by atoms with Gasteiger partial charge in [0.1, 0.15) is 11.2 Å². The molecule has 0 bridgehead atoms. The van der Waals surface area contributed by atoms with E-state index in [0.29, 0.717) is 25.1 Å². The Bertz CT molecular complexity index is 481. The van der Waals surface area contributed by atoms with Gasteiger partial charge in [0, 0.05) is 6.54 Å². The van der Waals surface area contributed by atoms with Crippen LogP contribution >= 0.6 is 0 Å². The van der Waals surface area contributed by atoms with Gasteiger partial charge in [-0.05, 0) is 33.3 Å². The molecule has 0 saturated carbocycles. The fourth-order valence-corrected chi connectivity index (χ4v) is 2.01. The van der Waals surface area contributed by atoms with Gasteiger partial charge in [0.2, 0.25) is 0 Å². The summed E-state index contributed by atoms with van der Waals surface area (Å²) in [6.45, 7) is 7.65. The van der Waals surface area contributed by atoms with Crippen molar-refractivity contribution in [1.82, 2.24) is 15.1 Å². The maximum absolute atomic E-state index is 12.2. The number of carbonyl (C=O) groups is 2. The zero-order valence-corrected chi connectivity index (χ0v) is 11.9. The van der Waals surface area contributed by atoms with Crippen LogP contribution < -0.4 is 5.32 Å². The van der Waals surface area contributed by atoms with Crippen LogP contribution in [0.4, 0.5) is 0 Å². The Morgan fingerprint density at radius 3 is 2.58 bits per heavy atom. The first kappa shape index (κ1) is 15.2. The third-order valence-corrected chi connectivity index (χ3v) is 3.05. The van der Waals surface area contributed by atoms with Crippen LogP contribution in [0.5, 0.6) is 0 Å². The summed E-state index contributed by atoms with van der Waals surface area (Å²) in [7, 11) is 0. The quantitative estimate of drug-likeness (QED) is 0.819. The van der Waals surface area contributed by atoms with Crippen LogP contribution in [-0.4, -0.2) is 32.3 Å². The van der Waals surface area contributed by atoms with E-state index in [-0.39, 0.29) is 0 Å². The Kier molecular flexibility index (Phi) is 4.69. The van der Waals surface area contributed by atoms with Crippen molar-refractivity contribution in [3.8, 4) is 0 Å². The van der Waals surface area contributed by atoms with E-state index in [0.717, 1.165) is 5.69 Å². The second kappa shape index (κ2) is 5.86. The van der Waals surface area contributed by atoms with Crippen molar-refractivity contribution in [3.05, 3.63) is 17.5 Å². The Labute approximate surface area is 112 Å². The van der Waals surface area contributed by atoms with Crippen LogP contribution in [0.2, 0.25) is 0 Å². The summed E-state index contributed by atoms with van der Waals surface area (Å²) in [6, 6.07) is 1.66. The van der Waals surface area contributed by atoms with Crippen LogP contribution in [0, 0.1) is 6.92 Å². The zero-order chi connectivity index (χ0) is 14.6. The summed E-state index contributed by atoms with van der Waals surface area (Å²) in [6.07, 6.45) is 1.06. The molecule has 19 heavy (non-hydrogen) atoms. The summed E-state index contributed by atoms with van der Waals surface area (Å²) in [5.74, 6) is -1.43. The molecule has 1 aromatic rings. The van der Waals surface area contributed by atoms with Crippen molar-refractivity contribution < 1.29 is 14.7 Å². The molecule has 0 spiro atoms. The van der Waals surface area contributed by atoms with Gasteiger partial charge in [0.05, 0.1) is 5.69 Å². The summed E-state index contributed by atoms with van der Waals surface area (Å²) in [4.78, 5) is 23.5. The van der Waals surface area contributed by atoms with Gasteiger partial charge in [-0.2, -0.15) is 5.10 Å². The summed E-state index contributed by atoms with van der Waals surface area (Å²) < 4.78 is 1.57. The molecule has 106 valence electrons. The number of amides is 1. The molecule has 0 aliphatic heterocycles. The number of carbonyl (C=O) groups excluding carboxylic acids is 1. The molecule has 6 heteroatoms. The molecule has 0 aliphatic carbocycles. The fraction of sp³-hybridized carbons (Fsp3) is 0.615. The van der Waals surface area contributed by atoms with E-state index in [2.05, 4.69) is 10.4 Å². The predicted molar refractivity (Wildman–Crippen MR) is 71.1 cm³/mol. The molecule has 1 atom stereocenters. The summed E-state index contributed by atoms with van der Waals surface area (Å²) in [5.41, 5.74) is -0.120. The van der Waals surface area contributed by atoms with E-state index in [1.54, 1.807) is 17.7 Å². The Morgan fingerprint density at radius 2 is 2.11 bits per heavy atom. The highest BCUT2D eigenvalue weighted by Gasteiger charge is 2.34. The number of nitrogens with one attached hydrogen (secondary N) is 1. The number of hydrogen-bond donors (Lipinski definition) is 2. The molecule has 1 rings (SSSR count). The van der Waals surface area contributed by atoms with Crippen molar-refractivity contribution in [1.29, 1.82) is 0 Å². The lowest BCUT2D eigenvalue weighted by molar-refractivity contribution is -0.144. The summed E-state index contributed by atoms with van der Waals surface area (Å²) in [5, 5.41) is 16.0. The lowest BCUT2D eigenvalue weighted by Gasteiger charge is -2.25. The molecule has 0 aromatic carbocycles. The van der Waals surface area contributed by atoms with Gasteiger partial charge in [0.25, 0.3) is 5.91 Å². The Balaban J connectivity index is 2.97. The molecule has 0 aliphatic rings. The fourth-order valence-electron chi connectivity index (χ4n) is 2.01. The van der Waals surface area contributed by atoms with E-state index in [1.165, 1.54) is 6.92 Å². The molecule has 0 unspecified atom stereocenters. The normalized spacial score (nSPS) is 13.9. The third kappa shape index (κ3) is 3.33. The predicted octanol–water partition coefficient (Wildman–Crippen LogP) is 1.58. The van der Waals surface area contributed by atoms with E-state index < -0.39 is 17.4 Å². The zero-order valence-electron chi connectivity index (χ0n) is 11.9. The highest BCUT2D eigenvalue weighted by molar-refractivity contribution is 5.96. The number of aliphatic carboxylic acids is 1. The van der Waals surface area contributed by atoms with Gasteiger partial charge >= 0.3 is 5.97 Å². The first-order valence-electron chi connectivity index (χ1n) is 6.44. The average molecular weight is 267 g/mol. The number of rotatable bonds is 6. The third-order valence-electron chi connectivity index (χ3n) is 3.05. The smallest absolute Gasteiger partial charge is 0.329 e. The first-order chi connectivity index (χ1) is 8.84. The van der Waals surface area contributed by atoms with Crippen molar-refractivity contribution in [2.45, 2.75) is 52.6 Å². The Hall–Kier alpha value is -1.85. The molecule has 0 fully saturated rings. The number of carboxylic acids is 1. The monoisotopic (exact) mass is 267 g/mol. The molecule has 0 radical (unpaired) electrons. The van der Waals surface area contributed by atoms with Gasteiger partial charge in [0.15, 0.2) is 0 Å². The second-order valence-electron chi connectivity index (χ2n) is 4.83. The van der Waals surface area contributed by atoms with E-state index in [1.807, 2.05) is 13.8 Å². The standard InChI is InChI=1S/C13H21N3O3/c1-5-7-13(4,12(18)19)14-11(17)10-8-9(3)15-16(10)6-2/h8H,5-7H2,1-4H3,(H,14,17)(H,18,19)/t13-/m0/s1. The van der Waals surface area contributed by atoms with Crippen LogP contribution in [0.3, 0.4) is 0 Å². The molecule has 1 aromatic heterocycles. The second-order valence-corrected chi connectivity index (χ2v) is 4.83. The van der Waals surface area contributed by atoms with Crippen molar-refractivity contribution in [2.24, 2.45) is 0 Å². The van der Waals surface area contributed by atoms with Crippen LogP contribution in [0.25, 0.3) is 0 Å². The maximum atomic E-state index is 12.2. The highest BCUT2D eigenvalue weighted by Crippen LogP contribution is 2.14. The van der Waals surface area contributed by atoms with Crippen LogP contribution in [0.1, 0.15) is 49.8 Å². The number of aryl methyl sites for hydroxylation is 2. The van der Waals surface area contributed by atoms with Crippen molar-refractivity contribution in [3.63, 3.8) is 0 Å². The highest BCUT2D eigenvalue weighted by atomic mass is 16.4. The van der Waals surface area contributed by atoms with Gasteiger partial charge in [-0.1, -0.05) is 13.3 Å². The van der Waals surface area contributed by atoms with Gasteiger partial charge in [-0.15, -0.1) is 0 Å². The largest absolute Gasteiger partial charge is 0.480 e. The number of nitrogens with zero attached hydrogens (tertiary/aromatic N) is 2. The lowest BCUT2D eigenvalue weighted by Crippen LogP contribution is -2.52. The SMILES string of the molecule is CCC[C@](C)(NC(=O)c1cc(C)nn1CC)C(=O)O. The molecular weight excluding hydrogens is 246 g/mol. The van der Waals surface area contributed by atoms with Gasteiger partial charge in [-0.25, -0.2) is 4.79 Å². The van der Waals surface area contributed by atoms with Crippen LogP contribution in [0.15, 0.2) is 6.07 Å². The van der Waals surface area contributed by atoms with Crippen molar-refractivity contribution in [2.75, 3.05) is 0 Å². The Morgan fingerprint density at radius 1 is 1.47 bits per heavy atom.